The van der Waals surface area contributed by atoms with Gasteiger partial charge >= 0.3 is 0 Å². The number of sulfonamides is 1. The van der Waals surface area contributed by atoms with Crippen molar-refractivity contribution in [3.63, 3.8) is 0 Å². The molecule has 1 aliphatic heterocycles. The van der Waals surface area contributed by atoms with Gasteiger partial charge in [0.25, 0.3) is 10.0 Å². The Bertz CT molecular complexity index is 582. The molecule has 1 unspecified atom stereocenters. The first-order chi connectivity index (χ1) is 9.78. The van der Waals surface area contributed by atoms with E-state index in [0.717, 1.165) is 12.8 Å². The molecule has 0 saturated carbocycles. The smallest absolute Gasteiger partial charge is 0.262 e. The van der Waals surface area contributed by atoms with E-state index in [1.807, 2.05) is 25.3 Å². The summed E-state index contributed by atoms with van der Waals surface area (Å²) < 4.78 is 34.2. The highest BCUT2D eigenvalue weighted by molar-refractivity contribution is 7.89. The van der Waals surface area contributed by atoms with Crippen LogP contribution in [0.1, 0.15) is 46.1 Å². The van der Waals surface area contributed by atoms with E-state index in [0.29, 0.717) is 19.5 Å². The number of ether oxygens (including phenoxy) is 1. The van der Waals surface area contributed by atoms with Crippen molar-refractivity contribution in [2.45, 2.75) is 56.7 Å². The quantitative estimate of drug-likeness (QED) is 0.853. The van der Waals surface area contributed by atoms with Gasteiger partial charge in [-0.2, -0.15) is 4.31 Å². The van der Waals surface area contributed by atoms with E-state index in [1.165, 1.54) is 4.31 Å². The van der Waals surface area contributed by atoms with E-state index in [-0.39, 0.29) is 16.7 Å². The summed E-state index contributed by atoms with van der Waals surface area (Å²) in [6, 6.07) is 0.197. The number of hydrogen-bond acceptors (Lipinski definition) is 4. The van der Waals surface area contributed by atoms with Crippen LogP contribution in [-0.4, -0.2) is 48.1 Å². The van der Waals surface area contributed by atoms with Crippen LogP contribution in [0.3, 0.4) is 0 Å². The molecule has 1 aliphatic rings. The zero-order valence-corrected chi connectivity index (χ0v) is 14.1. The molecule has 2 heterocycles. The van der Waals surface area contributed by atoms with Gasteiger partial charge in [-0.25, -0.2) is 13.4 Å². The second kappa shape index (κ2) is 6.06. The Morgan fingerprint density at radius 1 is 1.33 bits per heavy atom. The first kappa shape index (κ1) is 16.5. The van der Waals surface area contributed by atoms with Crippen LogP contribution in [0.25, 0.3) is 0 Å². The number of methoxy groups -OCH3 is 1. The average molecular weight is 315 g/mol. The van der Waals surface area contributed by atoms with Crippen molar-refractivity contribution in [1.82, 2.24) is 13.9 Å². The van der Waals surface area contributed by atoms with Crippen LogP contribution in [0.4, 0.5) is 0 Å². The van der Waals surface area contributed by atoms with E-state index >= 15 is 0 Å². The molecule has 1 fully saturated rings. The maximum atomic E-state index is 12.7. The molecule has 120 valence electrons. The number of aromatic nitrogens is 2. The van der Waals surface area contributed by atoms with Crippen LogP contribution in [0.2, 0.25) is 0 Å². The van der Waals surface area contributed by atoms with Crippen LogP contribution in [0, 0.1) is 0 Å². The highest BCUT2D eigenvalue weighted by atomic mass is 32.2. The van der Waals surface area contributed by atoms with E-state index in [4.69, 9.17) is 4.74 Å². The molecule has 1 atom stereocenters. The molecule has 0 spiro atoms. The van der Waals surface area contributed by atoms with Gasteiger partial charge in [0.2, 0.25) is 0 Å². The summed E-state index contributed by atoms with van der Waals surface area (Å²) in [5, 5.41) is 0.136. The van der Waals surface area contributed by atoms with Gasteiger partial charge in [0.05, 0.1) is 11.9 Å². The molecule has 0 aliphatic carbocycles. The summed E-state index contributed by atoms with van der Waals surface area (Å²) >= 11 is 0. The molecule has 0 amide bonds. The zero-order valence-electron chi connectivity index (χ0n) is 13.2. The summed E-state index contributed by atoms with van der Waals surface area (Å²) in [6.45, 7) is 7.02. The van der Waals surface area contributed by atoms with Gasteiger partial charge in [0, 0.05) is 32.4 Å². The Morgan fingerprint density at radius 3 is 2.62 bits per heavy atom. The summed E-state index contributed by atoms with van der Waals surface area (Å²) in [5.41, 5.74) is -0.235. The van der Waals surface area contributed by atoms with E-state index in [1.54, 1.807) is 19.6 Å². The minimum atomic E-state index is -3.51. The number of nitrogens with zero attached hydrogens (tertiary/aromatic N) is 3. The van der Waals surface area contributed by atoms with Crippen molar-refractivity contribution in [1.29, 1.82) is 0 Å². The predicted octanol–water partition coefficient (Wildman–Crippen LogP) is 2.04. The van der Waals surface area contributed by atoms with Crippen LogP contribution < -0.4 is 0 Å². The van der Waals surface area contributed by atoms with Gasteiger partial charge in [-0.3, -0.25) is 0 Å². The fourth-order valence-corrected chi connectivity index (χ4v) is 3.94. The van der Waals surface area contributed by atoms with Gasteiger partial charge in [-0.05, 0) is 40.0 Å². The Kier molecular flexibility index (Phi) is 4.75. The fraction of sp³-hybridized carbons (Fsp3) is 0.786. The molecular formula is C14H25N3O3S. The largest absolute Gasteiger partial charge is 0.378 e. The lowest BCUT2D eigenvalue weighted by Gasteiger charge is -2.26. The topological polar surface area (TPSA) is 64.4 Å². The van der Waals surface area contributed by atoms with Gasteiger partial charge in [0.1, 0.15) is 0 Å². The summed E-state index contributed by atoms with van der Waals surface area (Å²) in [7, 11) is -1.82. The van der Waals surface area contributed by atoms with E-state index in [9.17, 15) is 8.42 Å². The van der Waals surface area contributed by atoms with Gasteiger partial charge in [-0.15, -0.1) is 0 Å². The first-order valence-electron chi connectivity index (χ1n) is 7.37. The highest BCUT2D eigenvalue weighted by Crippen LogP contribution is 2.27. The molecule has 7 heteroatoms. The summed E-state index contributed by atoms with van der Waals surface area (Å²) in [6.07, 6.45) is 5.56. The third kappa shape index (κ3) is 3.46. The van der Waals surface area contributed by atoms with Crippen molar-refractivity contribution in [3.05, 3.63) is 12.5 Å². The second-order valence-corrected chi connectivity index (χ2v) is 8.05. The standard InChI is InChI=1S/C14H25N3O3S/c1-12(2)16-10-13(15-11-16)21(18,19)17-8-5-6-14(3,20-4)7-9-17/h10-12H,5-9H2,1-4H3. The fourth-order valence-electron chi connectivity index (χ4n) is 2.54. The van der Waals surface area contributed by atoms with Crippen molar-refractivity contribution < 1.29 is 13.2 Å². The van der Waals surface area contributed by atoms with Gasteiger partial charge < -0.3 is 9.30 Å². The van der Waals surface area contributed by atoms with E-state index < -0.39 is 10.0 Å². The predicted molar refractivity (Wildman–Crippen MR) is 80.6 cm³/mol. The zero-order chi connectivity index (χ0) is 15.7. The molecule has 1 saturated heterocycles. The Balaban J connectivity index is 2.19. The lowest BCUT2D eigenvalue weighted by atomic mass is 9.97. The third-order valence-corrected chi connectivity index (χ3v) is 6.06. The van der Waals surface area contributed by atoms with Crippen LogP contribution in [-0.2, 0) is 14.8 Å². The van der Waals surface area contributed by atoms with Crippen LogP contribution in [0.5, 0.6) is 0 Å². The molecular weight excluding hydrogens is 290 g/mol. The first-order valence-corrected chi connectivity index (χ1v) is 8.81. The molecule has 0 N–H and O–H groups in total. The summed E-state index contributed by atoms with van der Waals surface area (Å²) in [5.74, 6) is 0. The third-order valence-electron chi connectivity index (χ3n) is 4.27. The molecule has 1 aromatic rings. The Morgan fingerprint density at radius 2 is 2.05 bits per heavy atom. The van der Waals surface area contributed by atoms with Crippen LogP contribution in [0.15, 0.2) is 17.6 Å². The Labute approximate surface area is 127 Å². The molecule has 0 bridgehead atoms. The van der Waals surface area contributed by atoms with Crippen molar-refractivity contribution in [3.8, 4) is 0 Å². The van der Waals surface area contributed by atoms with Crippen LogP contribution >= 0.6 is 0 Å². The van der Waals surface area contributed by atoms with Crippen molar-refractivity contribution >= 4 is 10.0 Å². The number of rotatable bonds is 4. The molecule has 2 rings (SSSR count). The normalized spacial score (nSPS) is 25.2. The average Bonchev–Trinajstić information content (AvgIpc) is 2.85. The SMILES string of the molecule is COC1(C)CCCN(S(=O)(=O)c2cn(C(C)C)cn2)CC1. The lowest BCUT2D eigenvalue weighted by molar-refractivity contribution is -0.00452. The molecule has 6 nitrogen and oxygen atoms in total. The van der Waals surface area contributed by atoms with Crippen molar-refractivity contribution in [2.75, 3.05) is 20.2 Å². The Hall–Kier alpha value is -0.920. The van der Waals surface area contributed by atoms with Gasteiger partial charge in [0.15, 0.2) is 5.03 Å². The molecule has 1 aromatic heterocycles. The minimum absolute atomic E-state index is 0.136. The maximum Gasteiger partial charge on any atom is 0.262 e. The summed E-state index contributed by atoms with van der Waals surface area (Å²) in [4.78, 5) is 4.07. The molecule has 0 aromatic carbocycles. The molecule has 21 heavy (non-hydrogen) atoms. The second-order valence-electron chi connectivity index (χ2n) is 6.16. The number of hydrogen-bond donors (Lipinski definition) is 0. The number of imidazole rings is 1. The lowest BCUT2D eigenvalue weighted by Crippen LogP contribution is -2.34. The monoisotopic (exact) mass is 315 g/mol. The maximum absolute atomic E-state index is 12.7. The highest BCUT2D eigenvalue weighted by Gasteiger charge is 2.33. The van der Waals surface area contributed by atoms with Gasteiger partial charge in [-0.1, -0.05) is 0 Å². The van der Waals surface area contributed by atoms with Crippen molar-refractivity contribution in [2.24, 2.45) is 0 Å². The molecule has 0 radical (unpaired) electrons. The van der Waals surface area contributed by atoms with E-state index in [2.05, 4.69) is 4.98 Å². The minimum Gasteiger partial charge on any atom is -0.378 e.